The van der Waals surface area contributed by atoms with Crippen molar-refractivity contribution in [2.24, 2.45) is 0 Å². The van der Waals surface area contributed by atoms with E-state index in [2.05, 4.69) is 0 Å². The summed E-state index contributed by atoms with van der Waals surface area (Å²) in [5.74, 6) is -0.918. The van der Waals surface area contributed by atoms with Crippen LogP contribution in [-0.2, 0) is 10.0 Å². The fraction of sp³-hybridized carbons (Fsp3) is 0.0714. The van der Waals surface area contributed by atoms with Gasteiger partial charge in [0.1, 0.15) is 10.7 Å². The van der Waals surface area contributed by atoms with Gasteiger partial charge in [-0.25, -0.2) is 12.8 Å². The molecule has 0 radical (unpaired) electrons. The highest BCUT2D eigenvalue weighted by molar-refractivity contribution is 7.92. The van der Waals surface area contributed by atoms with Gasteiger partial charge in [-0.2, -0.15) is 5.26 Å². The van der Waals surface area contributed by atoms with Crippen LogP contribution in [0.3, 0.4) is 0 Å². The monoisotopic (exact) mass is 305 g/mol. The summed E-state index contributed by atoms with van der Waals surface area (Å²) in [5, 5.41) is 8.85. The Balaban J connectivity index is 2.50. The number of rotatable bonds is 3. The van der Waals surface area contributed by atoms with Crippen LogP contribution in [0, 0.1) is 17.1 Å². The number of hydrogen-bond acceptors (Lipinski definition) is 4. The molecule has 0 atom stereocenters. The van der Waals surface area contributed by atoms with E-state index in [-0.39, 0.29) is 11.4 Å². The first-order valence-corrected chi connectivity index (χ1v) is 7.34. The van der Waals surface area contributed by atoms with E-state index in [0.717, 1.165) is 16.4 Å². The third kappa shape index (κ3) is 2.80. The molecule has 0 aliphatic heterocycles. The molecule has 2 N–H and O–H groups in total. The summed E-state index contributed by atoms with van der Waals surface area (Å²) in [6, 6.07) is 11.3. The van der Waals surface area contributed by atoms with Crippen LogP contribution < -0.4 is 10.0 Å². The van der Waals surface area contributed by atoms with Gasteiger partial charge in [-0.3, -0.25) is 4.31 Å². The summed E-state index contributed by atoms with van der Waals surface area (Å²) in [6.07, 6.45) is 0. The van der Waals surface area contributed by atoms with Crippen molar-refractivity contribution in [2.45, 2.75) is 4.90 Å². The van der Waals surface area contributed by atoms with Crippen LogP contribution >= 0.6 is 0 Å². The third-order valence-electron chi connectivity index (χ3n) is 2.93. The zero-order valence-electron chi connectivity index (χ0n) is 11.1. The van der Waals surface area contributed by atoms with E-state index < -0.39 is 20.7 Å². The minimum atomic E-state index is -4.07. The van der Waals surface area contributed by atoms with Gasteiger partial charge in [0.15, 0.2) is 0 Å². The van der Waals surface area contributed by atoms with Crippen molar-refractivity contribution in [2.75, 3.05) is 17.1 Å². The summed E-state index contributed by atoms with van der Waals surface area (Å²) in [6.45, 7) is 0. The minimum absolute atomic E-state index is 0.139. The lowest BCUT2D eigenvalue weighted by molar-refractivity contribution is 0.566. The first-order valence-electron chi connectivity index (χ1n) is 5.90. The number of halogens is 1. The molecule has 0 heterocycles. The highest BCUT2D eigenvalue weighted by Crippen LogP contribution is 2.25. The number of nitrogen functional groups attached to an aromatic ring is 1. The maximum atomic E-state index is 13.8. The summed E-state index contributed by atoms with van der Waals surface area (Å²) >= 11 is 0. The smallest absolute Gasteiger partial charge is 0.266 e. The van der Waals surface area contributed by atoms with Crippen molar-refractivity contribution >= 4 is 21.4 Å². The van der Waals surface area contributed by atoms with Gasteiger partial charge in [0.2, 0.25) is 0 Å². The lowest BCUT2D eigenvalue weighted by Gasteiger charge is -2.20. The molecule has 0 aliphatic carbocycles. The van der Waals surface area contributed by atoms with Crippen molar-refractivity contribution in [3.05, 3.63) is 53.8 Å². The molecule has 0 fully saturated rings. The maximum Gasteiger partial charge on any atom is 0.266 e. The molecule has 2 aromatic carbocycles. The second-order valence-corrected chi connectivity index (χ2v) is 6.26. The second-order valence-electron chi connectivity index (χ2n) is 4.32. The van der Waals surface area contributed by atoms with E-state index in [1.54, 1.807) is 12.1 Å². The Morgan fingerprint density at radius 1 is 1.24 bits per heavy atom. The molecule has 0 aliphatic rings. The molecule has 0 unspecified atom stereocenters. The fourth-order valence-electron chi connectivity index (χ4n) is 1.78. The van der Waals surface area contributed by atoms with Crippen LogP contribution in [-0.4, -0.2) is 15.5 Å². The van der Waals surface area contributed by atoms with Crippen LogP contribution in [0.2, 0.25) is 0 Å². The molecule has 5 nitrogen and oxygen atoms in total. The van der Waals surface area contributed by atoms with Gasteiger partial charge in [-0.15, -0.1) is 0 Å². The third-order valence-corrected chi connectivity index (χ3v) is 4.75. The summed E-state index contributed by atoms with van der Waals surface area (Å²) < 4.78 is 39.6. The van der Waals surface area contributed by atoms with E-state index in [1.165, 1.54) is 25.2 Å². The summed E-state index contributed by atoms with van der Waals surface area (Å²) in [7, 11) is -2.78. The fourth-order valence-corrected chi connectivity index (χ4v) is 3.02. The molecule has 2 aromatic rings. The average molecular weight is 305 g/mol. The summed E-state index contributed by atoms with van der Waals surface area (Å²) in [5.41, 5.74) is 6.13. The maximum absolute atomic E-state index is 13.8. The lowest BCUT2D eigenvalue weighted by atomic mass is 10.2. The SMILES string of the molecule is CN(c1cccc(C#N)c1)S(=O)(=O)c1ccc(N)cc1F. The van der Waals surface area contributed by atoms with Crippen molar-refractivity contribution in [3.8, 4) is 6.07 Å². The number of nitriles is 1. The Bertz CT molecular complexity index is 828. The van der Waals surface area contributed by atoms with E-state index in [4.69, 9.17) is 11.0 Å². The Kier molecular flexibility index (Phi) is 3.82. The topological polar surface area (TPSA) is 87.2 Å². The van der Waals surface area contributed by atoms with E-state index in [9.17, 15) is 12.8 Å². The molecule has 2 rings (SSSR count). The molecule has 0 bridgehead atoms. The van der Waals surface area contributed by atoms with Gasteiger partial charge >= 0.3 is 0 Å². The Labute approximate surface area is 122 Å². The van der Waals surface area contributed by atoms with E-state index in [1.807, 2.05) is 6.07 Å². The van der Waals surface area contributed by atoms with E-state index in [0.29, 0.717) is 5.56 Å². The molecule has 0 saturated heterocycles. The molecule has 21 heavy (non-hydrogen) atoms. The number of sulfonamides is 1. The molecule has 0 amide bonds. The molecule has 108 valence electrons. The van der Waals surface area contributed by atoms with Gasteiger partial charge in [0.05, 0.1) is 17.3 Å². The van der Waals surface area contributed by atoms with Gasteiger partial charge in [-0.05, 0) is 36.4 Å². The van der Waals surface area contributed by atoms with Gasteiger partial charge in [0.25, 0.3) is 10.0 Å². The molecule has 0 spiro atoms. The van der Waals surface area contributed by atoms with Crippen LogP contribution in [0.1, 0.15) is 5.56 Å². The van der Waals surface area contributed by atoms with Crippen molar-refractivity contribution in [1.29, 1.82) is 5.26 Å². The highest BCUT2D eigenvalue weighted by atomic mass is 32.2. The minimum Gasteiger partial charge on any atom is -0.399 e. The lowest BCUT2D eigenvalue weighted by Crippen LogP contribution is -2.27. The highest BCUT2D eigenvalue weighted by Gasteiger charge is 2.25. The van der Waals surface area contributed by atoms with E-state index >= 15 is 0 Å². The van der Waals surface area contributed by atoms with Gasteiger partial charge in [-0.1, -0.05) is 6.07 Å². The van der Waals surface area contributed by atoms with Crippen molar-refractivity contribution < 1.29 is 12.8 Å². The molecular weight excluding hydrogens is 293 g/mol. The molecule has 7 heteroatoms. The van der Waals surface area contributed by atoms with Crippen LogP contribution in [0.15, 0.2) is 47.4 Å². The largest absolute Gasteiger partial charge is 0.399 e. The van der Waals surface area contributed by atoms with Gasteiger partial charge in [0, 0.05) is 12.7 Å². The Hall–Kier alpha value is -2.59. The molecular formula is C14H12FN3O2S. The predicted octanol–water partition coefficient (Wildman–Crippen LogP) is 2.10. The summed E-state index contributed by atoms with van der Waals surface area (Å²) in [4.78, 5) is -0.471. The zero-order valence-corrected chi connectivity index (χ0v) is 11.9. The first kappa shape index (κ1) is 14.8. The van der Waals surface area contributed by atoms with Crippen LogP contribution in [0.25, 0.3) is 0 Å². The molecule has 0 saturated carbocycles. The Morgan fingerprint density at radius 2 is 1.95 bits per heavy atom. The standard InChI is InChI=1S/C14H12FN3O2S/c1-18(12-4-2-3-10(7-12)9-16)21(19,20)14-6-5-11(17)8-13(14)15/h2-8H,17H2,1H3. The Morgan fingerprint density at radius 3 is 2.57 bits per heavy atom. The number of benzene rings is 2. The number of nitrogens with zero attached hydrogens (tertiary/aromatic N) is 2. The second kappa shape index (κ2) is 5.42. The number of anilines is 2. The predicted molar refractivity (Wildman–Crippen MR) is 77.6 cm³/mol. The van der Waals surface area contributed by atoms with Crippen molar-refractivity contribution in [1.82, 2.24) is 0 Å². The normalized spacial score (nSPS) is 10.9. The van der Waals surface area contributed by atoms with Gasteiger partial charge < -0.3 is 5.73 Å². The molecule has 0 aromatic heterocycles. The van der Waals surface area contributed by atoms with Crippen LogP contribution in [0.5, 0.6) is 0 Å². The van der Waals surface area contributed by atoms with Crippen molar-refractivity contribution in [3.63, 3.8) is 0 Å². The number of nitrogens with two attached hydrogens (primary N) is 1. The first-order chi connectivity index (χ1) is 9.86. The number of hydrogen-bond donors (Lipinski definition) is 1. The quantitative estimate of drug-likeness (QED) is 0.880. The average Bonchev–Trinajstić information content (AvgIpc) is 2.46. The van der Waals surface area contributed by atoms with Crippen LogP contribution in [0.4, 0.5) is 15.8 Å². The zero-order chi connectivity index (χ0) is 15.6.